The molecule has 0 aromatic heterocycles. The largest absolute Gasteiger partial charge is 0.379 e. The van der Waals surface area contributed by atoms with Crippen LogP contribution in [0.1, 0.15) is 19.3 Å². The summed E-state index contributed by atoms with van der Waals surface area (Å²) in [5, 5.41) is 0. The average molecular weight is 303 g/mol. The van der Waals surface area contributed by atoms with E-state index < -0.39 is 0 Å². The molecule has 2 fully saturated rings. The molecule has 0 spiro atoms. The van der Waals surface area contributed by atoms with Gasteiger partial charge in [-0.05, 0) is 19.4 Å². The Hall–Kier alpha value is 0.1000. The summed E-state index contributed by atoms with van der Waals surface area (Å²) in [6.45, 7) is 11.4. The molecular formula is C13H23BrN2O. The van der Waals surface area contributed by atoms with Crippen molar-refractivity contribution >= 4 is 15.9 Å². The topological polar surface area (TPSA) is 15.7 Å². The van der Waals surface area contributed by atoms with Gasteiger partial charge in [0.2, 0.25) is 0 Å². The molecule has 2 aliphatic rings. The van der Waals surface area contributed by atoms with Crippen LogP contribution in [0.4, 0.5) is 0 Å². The van der Waals surface area contributed by atoms with Gasteiger partial charge >= 0.3 is 0 Å². The lowest BCUT2D eigenvalue weighted by atomic mass is 10.0. The second kappa shape index (κ2) is 6.88. The van der Waals surface area contributed by atoms with E-state index in [1.807, 2.05) is 0 Å². The molecule has 0 bridgehead atoms. The maximum Gasteiger partial charge on any atom is 0.0594 e. The van der Waals surface area contributed by atoms with Crippen LogP contribution in [0.25, 0.3) is 0 Å². The Labute approximate surface area is 113 Å². The molecule has 0 radical (unpaired) electrons. The van der Waals surface area contributed by atoms with Gasteiger partial charge in [-0.15, -0.1) is 0 Å². The van der Waals surface area contributed by atoms with Crippen LogP contribution >= 0.6 is 15.9 Å². The zero-order chi connectivity index (χ0) is 12.1. The van der Waals surface area contributed by atoms with E-state index in [0.717, 1.165) is 37.3 Å². The fourth-order valence-electron chi connectivity index (χ4n) is 2.78. The molecule has 2 heterocycles. The highest BCUT2D eigenvalue weighted by molar-refractivity contribution is 9.11. The molecule has 4 heteroatoms. The highest BCUT2D eigenvalue weighted by Crippen LogP contribution is 2.20. The molecule has 2 saturated heterocycles. The Morgan fingerprint density at radius 1 is 1.24 bits per heavy atom. The third kappa shape index (κ3) is 4.36. The number of halogens is 1. The number of hydrogen-bond donors (Lipinski definition) is 0. The summed E-state index contributed by atoms with van der Waals surface area (Å²) in [6, 6.07) is 0.705. The van der Waals surface area contributed by atoms with Crippen molar-refractivity contribution in [3.63, 3.8) is 0 Å². The molecule has 1 atom stereocenters. The number of piperidine rings is 1. The first-order chi connectivity index (χ1) is 8.25. The van der Waals surface area contributed by atoms with Gasteiger partial charge in [-0.3, -0.25) is 9.80 Å². The lowest BCUT2D eigenvalue weighted by Crippen LogP contribution is -2.49. The number of likely N-dealkylation sites (tertiary alicyclic amines) is 1. The van der Waals surface area contributed by atoms with Gasteiger partial charge in [-0.2, -0.15) is 0 Å². The normalized spacial score (nSPS) is 28.2. The van der Waals surface area contributed by atoms with Crippen LogP contribution in [-0.2, 0) is 4.74 Å². The maximum absolute atomic E-state index is 5.40. The van der Waals surface area contributed by atoms with Crippen LogP contribution < -0.4 is 0 Å². The number of nitrogens with zero attached hydrogens (tertiary/aromatic N) is 2. The fraction of sp³-hybridized carbons (Fsp3) is 0.846. The van der Waals surface area contributed by atoms with E-state index in [-0.39, 0.29) is 0 Å². The molecule has 3 nitrogen and oxygen atoms in total. The van der Waals surface area contributed by atoms with Crippen molar-refractivity contribution in [2.24, 2.45) is 0 Å². The van der Waals surface area contributed by atoms with Crippen molar-refractivity contribution in [3.8, 4) is 0 Å². The minimum absolute atomic E-state index is 0.705. The van der Waals surface area contributed by atoms with Crippen molar-refractivity contribution < 1.29 is 4.74 Å². The van der Waals surface area contributed by atoms with Crippen molar-refractivity contribution in [3.05, 3.63) is 11.1 Å². The summed E-state index contributed by atoms with van der Waals surface area (Å²) in [7, 11) is 0. The van der Waals surface area contributed by atoms with E-state index in [9.17, 15) is 0 Å². The molecule has 2 aliphatic heterocycles. The van der Waals surface area contributed by atoms with Gasteiger partial charge in [0.1, 0.15) is 0 Å². The summed E-state index contributed by atoms with van der Waals surface area (Å²) >= 11 is 3.49. The molecule has 0 aromatic carbocycles. The highest BCUT2D eigenvalue weighted by atomic mass is 79.9. The van der Waals surface area contributed by atoms with Gasteiger partial charge in [-0.25, -0.2) is 0 Å². The molecule has 98 valence electrons. The standard InChI is InChI=1S/C13H23BrN2O/c1-12(14)10-16-5-3-2-4-13(16)11-15-6-8-17-9-7-15/h13H,1-11H2. The summed E-state index contributed by atoms with van der Waals surface area (Å²) < 4.78 is 6.51. The van der Waals surface area contributed by atoms with Crippen LogP contribution in [0.5, 0.6) is 0 Å². The van der Waals surface area contributed by atoms with E-state index in [2.05, 4.69) is 32.3 Å². The highest BCUT2D eigenvalue weighted by Gasteiger charge is 2.25. The van der Waals surface area contributed by atoms with Crippen LogP contribution in [0, 0.1) is 0 Å². The van der Waals surface area contributed by atoms with Crippen molar-refractivity contribution in [2.45, 2.75) is 25.3 Å². The molecule has 0 N–H and O–H groups in total. The van der Waals surface area contributed by atoms with Crippen LogP contribution in [-0.4, -0.2) is 61.8 Å². The van der Waals surface area contributed by atoms with Gasteiger partial charge < -0.3 is 4.74 Å². The molecule has 1 unspecified atom stereocenters. The summed E-state index contributed by atoms with van der Waals surface area (Å²) in [6.07, 6.45) is 4.04. The van der Waals surface area contributed by atoms with Crippen molar-refractivity contribution in [1.82, 2.24) is 9.80 Å². The predicted octanol–water partition coefficient (Wildman–Crippen LogP) is 2.08. The smallest absolute Gasteiger partial charge is 0.0594 e. The first kappa shape index (κ1) is 13.5. The Kier molecular flexibility index (Phi) is 5.48. The number of ether oxygens (including phenoxy) is 1. The van der Waals surface area contributed by atoms with E-state index in [1.165, 1.54) is 32.4 Å². The third-order valence-corrected chi connectivity index (χ3v) is 3.95. The molecule has 0 saturated carbocycles. The fourth-order valence-corrected chi connectivity index (χ4v) is 3.10. The monoisotopic (exact) mass is 302 g/mol. The van der Waals surface area contributed by atoms with Gasteiger partial charge in [0.25, 0.3) is 0 Å². The maximum atomic E-state index is 5.40. The Bertz CT molecular complexity index is 254. The second-order valence-electron chi connectivity index (χ2n) is 5.05. The Morgan fingerprint density at radius 3 is 2.71 bits per heavy atom. The number of morpholine rings is 1. The van der Waals surface area contributed by atoms with Crippen molar-refractivity contribution in [2.75, 3.05) is 45.9 Å². The van der Waals surface area contributed by atoms with Gasteiger partial charge in [0.05, 0.1) is 13.2 Å². The van der Waals surface area contributed by atoms with E-state index in [4.69, 9.17) is 4.74 Å². The Balaban J connectivity index is 1.84. The molecule has 0 amide bonds. The van der Waals surface area contributed by atoms with Crippen molar-refractivity contribution in [1.29, 1.82) is 0 Å². The van der Waals surface area contributed by atoms with E-state index in [0.29, 0.717) is 6.04 Å². The average Bonchev–Trinajstić information content (AvgIpc) is 2.32. The first-order valence-corrected chi connectivity index (χ1v) is 7.42. The van der Waals surface area contributed by atoms with Crippen LogP contribution in [0.2, 0.25) is 0 Å². The van der Waals surface area contributed by atoms with Crippen LogP contribution in [0.15, 0.2) is 11.1 Å². The summed E-state index contributed by atoms with van der Waals surface area (Å²) in [4.78, 5) is 5.12. The number of hydrogen-bond acceptors (Lipinski definition) is 3. The van der Waals surface area contributed by atoms with E-state index in [1.54, 1.807) is 0 Å². The third-order valence-electron chi connectivity index (χ3n) is 3.70. The van der Waals surface area contributed by atoms with E-state index >= 15 is 0 Å². The summed E-state index contributed by atoms with van der Waals surface area (Å²) in [5.74, 6) is 0. The molecule has 2 rings (SSSR count). The lowest BCUT2D eigenvalue weighted by Gasteiger charge is -2.39. The first-order valence-electron chi connectivity index (χ1n) is 6.63. The zero-order valence-corrected chi connectivity index (χ0v) is 12.1. The number of rotatable bonds is 4. The van der Waals surface area contributed by atoms with Gasteiger partial charge in [0.15, 0.2) is 0 Å². The SMILES string of the molecule is C=C(Br)CN1CCCCC1CN1CCOCC1. The predicted molar refractivity (Wildman–Crippen MR) is 74.5 cm³/mol. The molecule has 0 aromatic rings. The zero-order valence-electron chi connectivity index (χ0n) is 10.5. The minimum atomic E-state index is 0.705. The quantitative estimate of drug-likeness (QED) is 0.791. The second-order valence-corrected chi connectivity index (χ2v) is 6.17. The minimum Gasteiger partial charge on any atom is -0.379 e. The molecule has 0 aliphatic carbocycles. The molecular weight excluding hydrogens is 280 g/mol. The van der Waals surface area contributed by atoms with Gasteiger partial charge in [-0.1, -0.05) is 28.9 Å². The summed E-state index contributed by atoms with van der Waals surface area (Å²) in [5.41, 5.74) is 0. The van der Waals surface area contributed by atoms with Gasteiger partial charge in [0, 0.05) is 36.7 Å². The lowest BCUT2D eigenvalue weighted by molar-refractivity contribution is 0.0185. The van der Waals surface area contributed by atoms with Crippen LogP contribution in [0.3, 0.4) is 0 Å². The molecule has 17 heavy (non-hydrogen) atoms. The Morgan fingerprint density at radius 2 is 2.00 bits per heavy atom.